The molecule has 5 heteroatoms. The minimum atomic E-state index is -0.481. The topological polar surface area (TPSA) is 63.7 Å². The number of amides is 2. The van der Waals surface area contributed by atoms with Crippen LogP contribution in [0.1, 0.15) is 36.0 Å². The molecule has 3 aromatic rings. The fraction of sp³-hybridized carbons (Fsp3) is 0.240. The van der Waals surface area contributed by atoms with Gasteiger partial charge in [0, 0.05) is 5.39 Å². The van der Waals surface area contributed by atoms with Crippen LogP contribution in [-0.2, 0) is 9.59 Å². The molecule has 5 nitrogen and oxygen atoms in total. The number of carbonyl (C=O) groups excluding carboxylic acids is 3. The van der Waals surface area contributed by atoms with E-state index in [0.29, 0.717) is 17.0 Å². The summed E-state index contributed by atoms with van der Waals surface area (Å²) in [6.45, 7) is 0. The number of benzene rings is 3. The molecule has 0 aromatic heterocycles. The Morgan fingerprint density at radius 2 is 1.43 bits per heavy atom. The maximum Gasteiger partial charge on any atom is 0.343 e. The number of imide groups is 1. The lowest BCUT2D eigenvalue weighted by molar-refractivity contribution is -0.122. The number of hydrogen-bond donors (Lipinski definition) is 0. The molecule has 30 heavy (non-hydrogen) atoms. The Morgan fingerprint density at radius 3 is 2.13 bits per heavy atom. The van der Waals surface area contributed by atoms with E-state index in [1.807, 2.05) is 36.4 Å². The van der Waals surface area contributed by atoms with Gasteiger partial charge in [0.05, 0.1) is 23.1 Å². The molecule has 1 saturated carbocycles. The van der Waals surface area contributed by atoms with Gasteiger partial charge < -0.3 is 4.74 Å². The summed E-state index contributed by atoms with van der Waals surface area (Å²) >= 11 is 0. The predicted molar refractivity (Wildman–Crippen MR) is 113 cm³/mol. The molecular weight excluding hydrogens is 378 g/mol. The van der Waals surface area contributed by atoms with E-state index in [1.54, 1.807) is 30.3 Å². The summed E-state index contributed by atoms with van der Waals surface area (Å²) in [5.41, 5.74) is 0.879. The molecule has 0 bridgehead atoms. The van der Waals surface area contributed by atoms with Crippen LogP contribution in [0.3, 0.4) is 0 Å². The van der Waals surface area contributed by atoms with Crippen LogP contribution in [-0.4, -0.2) is 17.8 Å². The molecule has 1 saturated heterocycles. The van der Waals surface area contributed by atoms with Crippen LogP contribution in [0.15, 0.2) is 66.7 Å². The van der Waals surface area contributed by atoms with Crippen LogP contribution in [0.4, 0.5) is 5.69 Å². The zero-order valence-electron chi connectivity index (χ0n) is 16.4. The fourth-order valence-electron chi connectivity index (χ4n) is 4.61. The van der Waals surface area contributed by atoms with Crippen LogP contribution in [0, 0.1) is 11.8 Å². The van der Waals surface area contributed by atoms with E-state index < -0.39 is 5.97 Å². The summed E-state index contributed by atoms with van der Waals surface area (Å²) in [7, 11) is 0. The molecule has 2 aliphatic rings. The van der Waals surface area contributed by atoms with Crippen LogP contribution in [0.5, 0.6) is 5.75 Å². The van der Waals surface area contributed by atoms with E-state index in [9.17, 15) is 14.4 Å². The van der Waals surface area contributed by atoms with Gasteiger partial charge in [0.1, 0.15) is 5.75 Å². The summed E-state index contributed by atoms with van der Waals surface area (Å²) in [5.74, 6) is -0.599. The quantitative estimate of drug-likeness (QED) is 0.363. The monoisotopic (exact) mass is 399 g/mol. The van der Waals surface area contributed by atoms with E-state index in [4.69, 9.17) is 4.74 Å². The van der Waals surface area contributed by atoms with Gasteiger partial charge in [-0.1, -0.05) is 49.2 Å². The van der Waals surface area contributed by atoms with Crippen LogP contribution < -0.4 is 9.64 Å². The lowest BCUT2D eigenvalue weighted by Gasteiger charge is -2.19. The van der Waals surface area contributed by atoms with Crippen LogP contribution in [0.25, 0.3) is 10.8 Å². The summed E-state index contributed by atoms with van der Waals surface area (Å²) in [6.07, 6.45) is 3.54. The molecule has 2 amide bonds. The van der Waals surface area contributed by atoms with Crippen molar-refractivity contribution in [2.45, 2.75) is 25.7 Å². The second-order valence-electron chi connectivity index (χ2n) is 7.92. The van der Waals surface area contributed by atoms with E-state index in [0.717, 1.165) is 36.5 Å². The Labute approximate surface area is 174 Å². The van der Waals surface area contributed by atoms with E-state index >= 15 is 0 Å². The predicted octanol–water partition coefficient (Wildman–Crippen LogP) is 4.74. The van der Waals surface area contributed by atoms with Crippen LogP contribution in [0.2, 0.25) is 0 Å². The van der Waals surface area contributed by atoms with Crippen molar-refractivity contribution < 1.29 is 19.1 Å². The lowest BCUT2D eigenvalue weighted by atomic mass is 9.81. The van der Waals surface area contributed by atoms with Crippen molar-refractivity contribution in [3.8, 4) is 5.75 Å². The van der Waals surface area contributed by atoms with Crippen molar-refractivity contribution in [1.82, 2.24) is 0 Å². The molecular formula is C25H21NO4. The number of anilines is 1. The highest BCUT2D eigenvalue weighted by Crippen LogP contribution is 2.40. The number of rotatable bonds is 3. The summed E-state index contributed by atoms with van der Waals surface area (Å²) in [4.78, 5) is 39.4. The highest BCUT2D eigenvalue weighted by atomic mass is 16.5. The fourth-order valence-corrected chi connectivity index (χ4v) is 4.61. The Morgan fingerprint density at radius 1 is 0.800 bits per heavy atom. The smallest absolute Gasteiger partial charge is 0.343 e. The third kappa shape index (κ3) is 3.07. The number of carbonyl (C=O) groups is 3. The van der Waals surface area contributed by atoms with Gasteiger partial charge in [-0.2, -0.15) is 0 Å². The first-order chi connectivity index (χ1) is 14.6. The summed E-state index contributed by atoms with van der Waals surface area (Å²) in [5, 5.41) is 1.85. The molecule has 150 valence electrons. The number of fused-ring (bicyclic) bond motifs is 2. The molecule has 5 rings (SSSR count). The molecule has 0 spiro atoms. The van der Waals surface area contributed by atoms with Crippen molar-refractivity contribution in [2.24, 2.45) is 11.8 Å². The normalized spacial score (nSPS) is 21.0. The molecule has 3 aromatic carbocycles. The van der Waals surface area contributed by atoms with E-state index in [-0.39, 0.29) is 23.7 Å². The van der Waals surface area contributed by atoms with Gasteiger partial charge in [-0.3, -0.25) is 14.5 Å². The average molecular weight is 399 g/mol. The second-order valence-corrected chi connectivity index (χ2v) is 7.92. The molecule has 0 unspecified atom stereocenters. The SMILES string of the molecule is O=C(Oc1cccc2ccccc12)c1ccc(N2C(=O)[C@H]3CCCC[C@@H]3C2=O)cc1. The zero-order chi connectivity index (χ0) is 20.7. The number of ether oxygens (including phenoxy) is 1. The van der Waals surface area contributed by atoms with E-state index in [2.05, 4.69) is 0 Å². The number of nitrogens with zero attached hydrogens (tertiary/aromatic N) is 1. The highest BCUT2D eigenvalue weighted by molar-refractivity contribution is 6.22. The van der Waals surface area contributed by atoms with Gasteiger partial charge in [0.15, 0.2) is 0 Å². The van der Waals surface area contributed by atoms with Crippen molar-refractivity contribution in [3.05, 3.63) is 72.3 Å². The van der Waals surface area contributed by atoms with E-state index in [1.165, 1.54) is 4.90 Å². The van der Waals surface area contributed by atoms with Gasteiger partial charge in [0.25, 0.3) is 0 Å². The maximum absolute atomic E-state index is 12.7. The largest absolute Gasteiger partial charge is 0.422 e. The minimum absolute atomic E-state index is 0.115. The first-order valence-electron chi connectivity index (χ1n) is 10.3. The standard InChI is InChI=1S/C25H21NO4/c27-23-20-9-3-4-10-21(20)24(28)26(23)18-14-12-17(13-15-18)25(29)30-22-11-5-7-16-6-1-2-8-19(16)22/h1-2,5-8,11-15,20-21H,3-4,9-10H2/t20-,21-/m0/s1. The van der Waals surface area contributed by atoms with Crippen LogP contribution >= 0.6 is 0 Å². The summed E-state index contributed by atoms with van der Waals surface area (Å²) < 4.78 is 5.61. The second kappa shape index (κ2) is 7.41. The average Bonchev–Trinajstić information content (AvgIpc) is 3.04. The third-order valence-electron chi connectivity index (χ3n) is 6.15. The third-order valence-corrected chi connectivity index (χ3v) is 6.15. The Bertz CT molecular complexity index is 1120. The highest BCUT2D eigenvalue weighted by Gasteiger charge is 2.48. The molecule has 2 fully saturated rings. The Hall–Kier alpha value is -3.47. The molecule has 1 aliphatic carbocycles. The van der Waals surface area contributed by atoms with Crippen molar-refractivity contribution in [3.63, 3.8) is 0 Å². The molecule has 1 aliphatic heterocycles. The summed E-state index contributed by atoms with van der Waals surface area (Å²) in [6, 6.07) is 19.8. The van der Waals surface area contributed by atoms with Gasteiger partial charge in [-0.05, 0) is 48.6 Å². The first kappa shape index (κ1) is 18.6. The lowest BCUT2D eigenvalue weighted by Crippen LogP contribution is -2.30. The maximum atomic E-state index is 12.7. The first-order valence-corrected chi connectivity index (χ1v) is 10.3. The van der Waals surface area contributed by atoms with Gasteiger partial charge in [-0.15, -0.1) is 0 Å². The molecule has 1 heterocycles. The van der Waals surface area contributed by atoms with Crippen molar-refractivity contribution in [1.29, 1.82) is 0 Å². The molecule has 2 atom stereocenters. The Kier molecular flexibility index (Phi) is 4.58. The Balaban J connectivity index is 1.36. The number of esters is 1. The zero-order valence-corrected chi connectivity index (χ0v) is 16.4. The minimum Gasteiger partial charge on any atom is -0.422 e. The number of hydrogen-bond acceptors (Lipinski definition) is 4. The van der Waals surface area contributed by atoms with Gasteiger partial charge >= 0.3 is 5.97 Å². The molecule has 0 N–H and O–H groups in total. The van der Waals surface area contributed by atoms with Gasteiger partial charge in [0.2, 0.25) is 11.8 Å². The molecule has 0 radical (unpaired) electrons. The van der Waals surface area contributed by atoms with Crippen molar-refractivity contribution in [2.75, 3.05) is 4.90 Å². The van der Waals surface area contributed by atoms with Gasteiger partial charge in [-0.25, -0.2) is 4.79 Å². The van der Waals surface area contributed by atoms with Crippen molar-refractivity contribution >= 4 is 34.2 Å².